The van der Waals surface area contributed by atoms with Gasteiger partial charge in [-0.15, -0.1) is 0 Å². The van der Waals surface area contributed by atoms with Crippen molar-refractivity contribution in [2.75, 3.05) is 5.32 Å². The van der Waals surface area contributed by atoms with Crippen molar-refractivity contribution in [3.63, 3.8) is 0 Å². The molecule has 0 aliphatic carbocycles. The lowest BCUT2D eigenvalue weighted by Gasteiger charge is -2.10. The lowest BCUT2D eigenvalue weighted by Crippen LogP contribution is -2.04. The summed E-state index contributed by atoms with van der Waals surface area (Å²) < 4.78 is 15.5. The zero-order valence-corrected chi connectivity index (χ0v) is 12.3. The molecule has 2 heterocycles. The molecule has 0 saturated heterocycles. The second-order valence-corrected chi connectivity index (χ2v) is 5.21. The van der Waals surface area contributed by atoms with E-state index < -0.39 is 0 Å². The van der Waals surface area contributed by atoms with Gasteiger partial charge >= 0.3 is 0 Å². The van der Waals surface area contributed by atoms with E-state index in [1.54, 1.807) is 16.9 Å². The molecule has 1 aromatic carbocycles. The van der Waals surface area contributed by atoms with E-state index in [-0.39, 0.29) is 5.82 Å². The molecule has 0 bridgehead atoms. The first-order chi connectivity index (χ1) is 10.1. The Morgan fingerprint density at radius 2 is 2.10 bits per heavy atom. The van der Waals surface area contributed by atoms with Gasteiger partial charge in [0.2, 0.25) is 0 Å². The second-order valence-electron chi connectivity index (χ2n) is 5.21. The SMILES string of the molecule is Cc1cccc(F)c1NCc1cnc2c(c1)c(C)nn2C. The Labute approximate surface area is 122 Å². The summed E-state index contributed by atoms with van der Waals surface area (Å²) in [5, 5.41) is 8.53. The van der Waals surface area contributed by atoms with Gasteiger partial charge in [-0.1, -0.05) is 12.1 Å². The highest BCUT2D eigenvalue weighted by molar-refractivity contribution is 5.78. The van der Waals surface area contributed by atoms with Crippen LogP contribution in [0, 0.1) is 19.7 Å². The molecule has 2 aromatic heterocycles. The number of aryl methyl sites for hydroxylation is 3. The van der Waals surface area contributed by atoms with Crippen molar-refractivity contribution in [2.45, 2.75) is 20.4 Å². The van der Waals surface area contributed by atoms with Crippen LogP contribution in [0.2, 0.25) is 0 Å². The smallest absolute Gasteiger partial charge is 0.157 e. The molecule has 0 atom stereocenters. The molecule has 21 heavy (non-hydrogen) atoms. The van der Waals surface area contributed by atoms with E-state index in [1.807, 2.05) is 33.0 Å². The van der Waals surface area contributed by atoms with Crippen molar-refractivity contribution >= 4 is 16.7 Å². The summed E-state index contributed by atoms with van der Waals surface area (Å²) in [5.74, 6) is -0.235. The summed E-state index contributed by atoms with van der Waals surface area (Å²) in [6, 6.07) is 7.11. The number of anilines is 1. The lowest BCUT2D eigenvalue weighted by molar-refractivity contribution is 0.629. The maximum absolute atomic E-state index is 13.8. The molecule has 108 valence electrons. The number of pyridine rings is 1. The molecule has 0 fully saturated rings. The average molecular weight is 284 g/mol. The first-order valence-corrected chi connectivity index (χ1v) is 6.83. The van der Waals surface area contributed by atoms with Crippen molar-refractivity contribution in [1.29, 1.82) is 0 Å². The van der Waals surface area contributed by atoms with E-state index in [0.717, 1.165) is 27.9 Å². The first-order valence-electron chi connectivity index (χ1n) is 6.83. The van der Waals surface area contributed by atoms with Crippen molar-refractivity contribution < 1.29 is 4.39 Å². The maximum atomic E-state index is 13.8. The summed E-state index contributed by atoms with van der Waals surface area (Å²) in [5.41, 5.74) is 4.24. The normalized spacial score (nSPS) is 11.0. The minimum Gasteiger partial charge on any atom is -0.378 e. The monoisotopic (exact) mass is 284 g/mol. The molecule has 0 radical (unpaired) electrons. The van der Waals surface area contributed by atoms with Crippen LogP contribution >= 0.6 is 0 Å². The van der Waals surface area contributed by atoms with E-state index >= 15 is 0 Å². The van der Waals surface area contributed by atoms with Gasteiger partial charge in [0.05, 0.1) is 11.4 Å². The topological polar surface area (TPSA) is 42.7 Å². The standard InChI is InChI=1S/C16H17FN4/c1-10-5-4-6-14(17)15(10)18-8-12-7-13-11(2)20-21(3)16(13)19-9-12/h4-7,9,18H,8H2,1-3H3. The molecule has 0 spiro atoms. The van der Waals surface area contributed by atoms with E-state index in [2.05, 4.69) is 15.4 Å². The highest BCUT2D eigenvalue weighted by atomic mass is 19.1. The largest absolute Gasteiger partial charge is 0.378 e. The van der Waals surface area contributed by atoms with Crippen LogP contribution in [0.1, 0.15) is 16.8 Å². The van der Waals surface area contributed by atoms with Crippen LogP contribution in [0.3, 0.4) is 0 Å². The van der Waals surface area contributed by atoms with Gasteiger partial charge < -0.3 is 5.32 Å². The summed E-state index contributed by atoms with van der Waals surface area (Å²) >= 11 is 0. The van der Waals surface area contributed by atoms with Gasteiger partial charge in [-0.05, 0) is 37.1 Å². The van der Waals surface area contributed by atoms with E-state index in [0.29, 0.717) is 12.2 Å². The van der Waals surface area contributed by atoms with E-state index in [9.17, 15) is 4.39 Å². The van der Waals surface area contributed by atoms with Crippen LogP contribution in [0.5, 0.6) is 0 Å². The molecule has 0 amide bonds. The molecular formula is C16H17FN4. The van der Waals surface area contributed by atoms with Crippen molar-refractivity contribution in [2.24, 2.45) is 7.05 Å². The summed E-state index contributed by atoms with van der Waals surface area (Å²) in [6.45, 7) is 4.37. The van der Waals surface area contributed by atoms with Crippen LogP contribution < -0.4 is 5.32 Å². The van der Waals surface area contributed by atoms with Crippen LogP contribution in [0.4, 0.5) is 10.1 Å². The minimum atomic E-state index is -0.235. The Kier molecular flexibility index (Phi) is 3.33. The average Bonchev–Trinajstić information content (AvgIpc) is 2.73. The second kappa shape index (κ2) is 5.16. The van der Waals surface area contributed by atoms with E-state index in [4.69, 9.17) is 0 Å². The third-order valence-corrected chi connectivity index (χ3v) is 3.61. The molecule has 3 rings (SSSR count). The fourth-order valence-electron chi connectivity index (χ4n) is 2.49. The van der Waals surface area contributed by atoms with Gasteiger partial charge in [0.25, 0.3) is 0 Å². The molecule has 5 heteroatoms. The first kappa shape index (κ1) is 13.5. The van der Waals surface area contributed by atoms with Gasteiger partial charge in [0.15, 0.2) is 5.65 Å². The third kappa shape index (κ3) is 2.46. The number of para-hydroxylation sites is 1. The number of hydrogen-bond acceptors (Lipinski definition) is 3. The zero-order chi connectivity index (χ0) is 15.0. The number of rotatable bonds is 3. The van der Waals surface area contributed by atoms with E-state index in [1.165, 1.54) is 6.07 Å². The zero-order valence-electron chi connectivity index (χ0n) is 12.3. The quantitative estimate of drug-likeness (QED) is 0.802. The molecule has 0 aliphatic rings. The highest BCUT2D eigenvalue weighted by Gasteiger charge is 2.08. The van der Waals surface area contributed by atoms with Crippen LogP contribution in [-0.2, 0) is 13.6 Å². The van der Waals surface area contributed by atoms with Crippen LogP contribution in [0.15, 0.2) is 30.5 Å². The molecule has 0 aliphatic heterocycles. The van der Waals surface area contributed by atoms with Gasteiger partial charge in [0.1, 0.15) is 5.82 Å². The van der Waals surface area contributed by atoms with Gasteiger partial charge in [-0.3, -0.25) is 4.68 Å². The summed E-state index contributed by atoms with van der Waals surface area (Å²) in [6.07, 6.45) is 1.80. The van der Waals surface area contributed by atoms with Gasteiger partial charge in [-0.25, -0.2) is 9.37 Å². The van der Waals surface area contributed by atoms with Gasteiger partial charge in [-0.2, -0.15) is 5.10 Å². The number of aromatic nitrogens is 3. The Bertz CT molecular complexity index is 787. The minimum absolute atomic E-state index is 0.235. The molecule has 0 saturated carbocycles. The number of nitrogens with zero attached hydrogens (tertiary/aromatic N) is 3. The van der Waals surface area contributed by atoms with Crippen LogP contribution in [0.25, 0.3) is 11.0 Å². The summed E-state index contributed by atoms with van der Waals surface area (Å²) in [7, 11) is 1.88. The lowest BCUT2D eigenvalue weighted by atomic mass is 10.1. The van der Waals surface area contributed by atoms with Crippen molar-refractivity contribution in [3.8, 4) is 0 Å². The number of hydrogen-bond donors (Lipinski definition) is 1. The molecule has 3 aromatic rings. The van der Waals surface area contributed by atoms with Crippen molar-refractivity contribution in [3.05, 3.63) is 53.1 Å². The molecule has 1 N–H and O–H groups in total. The highest BCUT2D eigenvalue weighted by Crippen LogP contribution is 2.21. The molecule has 0 unspecified atom stereocenters. The molecular weight excluding hydrogens is 267 g/mol. The summed E-state index contributed by atoms with van der Waals surface area (Å²) in [4.78, 5) is 4.43. The fourth-order valence-corrected chi connectivity index (χ4v) is 2.49. The van der Waals surface area contributed by atoms with Crippen molar-refractivity contribution in [1.82, 2.24) is 14.8 Å². The Morgan fingerprint density at radius 3 is 2.86 bits per heavy atom. The third-order valence-electron chi connectivity index (χ3n) is 3.61. The predicted octanol–water partition coefficient (Wildman–Crippen LogP) is 3.34. The number of benzene rings is 1. The predicted molar refractivity (Wildman–Crippen MR) is 81.7 cm³/mol. The molecule has 4 nitrogen and oxygen atoms in total. The Balaban J connectivity index is 1.87. The van der Waals surface area contributed by atoms with Crippen LogP contribution in [-0.4, -0.2) is 14.8 Å². The Morgan fingerprint density at radius 1 is 1.29 bits per heavy atom. The maximum Gasteiger partial charge on any atom is 0.157 e. The number of nitrogens with one attached hydrogen (secondary N) is 1. The number of halogens is 1. The Hall–Kier alpha value is -2.43. The fraction of sp³-hybridized carbons (Fsp3) is 0.250. The van der Waals surface area contributed by atoms with Gasteiger partial charge in [0, 0.05) is 25.2 Å². The number of fused-ring (bicyclic) bond motifs is 1.